The van der Waals surface area contributed by atoms with E-state index < -0.39 is 0 Å². The van der Waals surface area contributed by atoms with Gasteiger partial charge in [0.05, 0.1) is 0 Å². The third-order valence-corrected chi connectivity index (χ3v) is 3.54. The summed E-state index contributed by atoms with van der Waals surface area (Å²) in [4.78, 5) is 0. The molecule has 0 bridgehead atoms. The predicted molar refractivity (Wildman–Crippen MR) is 84.0 cm³/mol. The number of nitrogens with zero attached hydrogens (tertiary/aromatic N) is 1. The largest absolute Gasteiger partial charge is 0.208 e. The van der Waals surface area contributed by atoms with Crippen LogP contribution in [0.25, 0.3) is 12.2 Å². The number of aromatic nitrogens is 1. The molecule has 1 aliphatic rings. The molecule has 1 heterocycles. The lowest BCUT2D eigenvalue weighted by Crippen LogP contribution is -2.25. The van der Waals surface area contributed by atoms with E-state index in [2.05, 4.69) is 85.2 Å². The lowest BCUT2D eigenvalue weighted by molar-refractivity contribution is -0.671. The fourth-order valence-electron chi connectivity index (χ4n) is 2.30. The van der Waals surface area contributed by atoms with Gasteiger partial charge < -0.3 is 0 Å². The van der Waals surface area contributed by atoms with Crippen LogP contribution >= 0.6 is 0 Å². The molecule has 2 aromatic rings. The monoisotopic (exact) mass is 260 g/mol. The van der Waals surface area contributed by atoms with Crippen molar-refractivity contribution >= 4 is 12.2 Å². The number of hydrogen-bond donors (Lipinski definition) is 0. The van der Waals surface area contributed by atoms with Crippen molar-refractivity contribution in [1.29, 1.82) is 0 Å². The van der Waals surface area contributed by atoms with Crippen molar-refractivity contribution in [3.63, 3.8) is 0 Å². The van der Waals surface area contributed by atoms with E-state index in [-0.39, 0.29) is 0 Å². The molecule has 0 spiro atoms. The van der Waals surface area contributed by atoms with Gasteiger partial charge in [-0.05, 0) is 16.7 Å². The first-order valence-electron chi connectivity index (χ1n) is 6.90. The van der Waals surface area contributed by atoms with Crippen LogP contribution in [0, 0.1) is 0 Å². The number of hydrogen-bond acceptors (Lipinski definition) is 0. The predicted octanol–water partition coefficient (Wildman–Crippen LogP) is 3.89. The minimum absolute atomic E-state index is 0.446. The van der Waals surface area contributed by atoms with Crippen molar-refractivity contribution in [2.24, 2.45) is 7.05 Å². The Bertz CT molecular complexity index is 646. The Labute approximate surface area is 120 Å². The molecule has 0 saturated heterocycles. The molecule has 0 aliphatic heterocycles. The summed E-state index contributed by atoms with van der Waals surface area (Å²) >= 11 is 0. The SMILES string of the molecule is C[n+]1ccc(/C=C/c2ccc(C3C=CC=C3)cc2)cc1. The van der Waals surface area contributed by atoms with Crippen molar-refractivity contribution in [3.05, 3.63) is 89.8 Å². The molecule has 1 aromatic carbocycles. The van der Waals surface area contributed by atoms with Crippen LogP contribution in [-0.2, 0) is 7.05 Å². The van der Waals surface area contributed by atoms with Crippen LogP contribution in [0.4, 0.5) is 0 Å². The van der Waals surface area contributed by atoms with Crippen LogP contribution in [0.1, 0.15) is 22.6 Å². The zero-order valence-corrected chi connectivity index (χ0v) is 11.6. The maximum atomic E-state index is 2.22. The van der Waals surface area contributed by atoms with Crippen LogP contribution in [0.15, 0.2) is 73.1 Å². The van der Waals surface area contributed by atoms with Gasteiger partial charge in [0.2, 0.25) is 0 Å². The van der Waals surface area contributed by atoms with Crippen LogP contribution < -0.4 is 4.57 Å². The van der Waals surface area contributed by atoms with Gasteiger partial charge in [-0.2, -0.15) is 0 Å². The van der Waals surface area contributed by atoms with Gasteiger partial charge in [0.15, 0.2) is 12.4 Å². The summed E-state index contributed by atoms with van der Waals surface area (Å²) in [5.74, 6) is 0.446. The van der Waals surface area contributed by atoms with Crippen LogP contribution in [0.5, 0.6) is 0 Å². The number of rotatable bonds is 3. The van der Waals surface area contributed by atoms with Gasteiger partial charge in [-0.25, -0.2) is 4.57 Å². The van der Waals surface area contributed by atoms with E-state index in [9.17, 15) is 0 Å². The van der Waals surface area contributed by atoms with E-state index in [0.717, 1.165) is 0 Å². The Morgan fingerprint density at radius 1 is 0.800 bits per heavy atom. The van der Waals surface area contributed by atoms with Gasteiger partial charge in [0, 0.05) is 18.1 Å². The van der Waals surface area contributed by atoms with Crippen molar-refractivity contribution in [2.45, 2.75) is 5.92 Å². The maximum Gasteiger partial charge on any atom is 0.169 e. The summed E-state index contributed by atoms with van der Waals surface area (Å²) in [6.07, 6.45) is 17.1. The van der Waals surface area contributed by atoms with Crippen LogP contribution in [0.2, 0.25) is 0 Å². The molecule has 0 atom stereocenters. The molecule has 1 nitrogen and oxygen atoms in total. The summed E-state index contributed by atoms with van der Waals surface area (Å²) in [6, 6.07) is 13.0. The van der Waals surface area contributed by atoms with E-state index in [0.29, 0.717) is 5.92 Å². The average molecular weight is 260 g/mol. The molecule has 0 N–H and O–H groups in total. The van der Waals surface area contributed by atoms with Gasteiger partial charge in [-0.15, -0.1) is 0 Å². The fourth-order valence-corrected chi connectivity index (χ4v) is 2.30. The molecule has 3 rings (SSSR count). The first-order chi connectivity index (χ1) is 9.81. The Balaban J connectivity index is 1.73. The molecular formula is C19H18N+. The summed E-state index contributed by atoms with van der Waals surface area (Å²) in [5.41, 5.74) is 3.79. The van der Waals surface area contributed by atoms with Gasteiger partial charge >= 0.3 is 0 Å². The van der Waals surface area contributed by atoms with Crippen LogP contribution in [-0.4, -0.2) is 0 Å². The number of allylic oxidation sites excluding steroid dienone is 4. The molecule has 20 heavy (non-hydrogen) atoms. The third-order valence-electron chi connectivity index (χ3n) is 3.54. The van der Waals surface area contributed by atoms with E-state index in [1.165, 1.54) is 16.7 Å². The normalized spacial score (nSPS) is 14.4. The van der Waals surface area contributed by atoms with Crippen molar-refractivity contribution in [3.8, 4) is 0 Å². The second-order valence-corrected chi connectivity index (χ2v) is 5.09. The van der Waals surface area contributed by atoms with Crippen molar-refractivity contribution in [2.75, 3.05) is 0 Å². The van der Waals surface area contributed by atoms with Gasteiger partial charge in [-0.1, -0.05) is 60.7 Å². The third kappa shape index (κ3) is 2.94. The minimum Gasteiger partial charge on any atom is -0.208 e. The number of aryl methyl sites for hydroxylation is 1. The van der Waals surface area contributed by atoms with E-state index in [4.69, 9.17) is 0 Å². The van der Waals surface area contributed by atoms with Gasteiger partial charge in [0.1, 0.15) is 7.05 Å². The lowest BCUT2D eigenvalue weighted by atomic mass is 9.99. The standard InChI is InChI=1S/C19H18N/c1-20-14-12-17(13-15-20)7-6-16-8-10-19(11-9-16)18-4-2-3-5-18/h2-15,18H,1H3/q+1/b7-6+. The summed E-state index contributed by atoms with van der Waals surface area (Å²) < 4.78 is 2.04. The minimum atomic E-state index is 0.446. The summed E-state index contributed by atoms with van der Waals surface area (Å²) in [7, 11) is 2.03. The van der Waals surface area contributed by atoms with E-state index in [1.807, 2.05) is 11.6 Å². The highest BCUT2D eigenvalue weighted by molar-refractivity contribution is 5.69. The van der Waals surface area contributed by atoms with E-state index in [1.54, 1.807) is 0 Å². The first kappa shape index (κ1) is 12.6. The quantitative estimate of drug-likeness (QED) is 0.737. The molecule has 0 radical (unpaired) electrons. The maximum absolute atomic E-state index is 2.22. The van der Waals surface area contributed by atoms with Crippen molar-refractivity contribution in [1.82, 2.24) is 0 Å². The molecule has 0 fully saturated rings. The lowest BCUT2D eigenvalue weighted by Gasteiger charge is -2.05. The summed E-state index contributed by atoms with van der Waals surface area (Å²) in [5, 5.41) is 0. The van der Waals surface area contributed by atoms with E-state index >= 15 is 0 Å². The molecule has 0 saturated carbocycles. The Hall–Kier alpha value is -2.41. The summed E-state index contributed by atoms with van der Waals surface area (Å²) in [6.45, 7) is 0. The molecule has 1 aromatic heterocycles. The molecule has 1 heteroatoms. The molecule has 98 valence electrons. The second kappa shape index (κ2) is 5.70. The molecular weight excluding hydrogens is 242 g/mol. The van der Waals surface area contributed by atoms with Crippen LogP contribution in [0.3, 0.4) is 0 Å². The highest BCUT2D eigenvalue weighted by Gasteiger charge is 2.05. The Morgan fingerprint density at radius 2 is 1.35 bits per heavy atom. The van der Waals surface area contributed by atoms with Gasteiger partial charge in [0.25, 0.3) is 0 Å². The fraction of sp³-hybridized carbons (Fsp3) is 0.105. The van der Waals surface area contributed by atoms with Crippen molar-refractivity contribution < 1.29 is 4.57 Å². The zero-order chi connectivity index (χ0) is 13.8. The number of pyridine rings is 1. The van der Waals surface area contributed by atoms with Gasteiger partial charge in [-0.3, -0.25) is 0 Å². The highest BCUT2D eigenvalue weighted by atomic mass is 14.9. The Kier molecular flexibility index (Phi) is 3.60. The molecule has 1 aliphatic carbocycles. The molecule has 0 amide bonds. The average Bonchev–Trinajstić information content (AvgIpc) is 3.01. The topological polar surface area (TPSA) is 3.88 Å². The second-order valence-electron chi connectivity index (χ2n) is 5.09. The Morgan fingerprint density at radius 3 is 1.95 bits per heavy atom. The highest BCUT2D eigenvalue weighted by Crippen LogP contribution is 2.23. The number of benzene rings is 1. The smallest absolute Gasteiger partial charge is 0.169 e. The zero-order valence-electron chi connectivity index (χ0n) is 11.6. The molecule has 0 unspecified atom stereocenters. The first-order valence-corrected chi connectivity index (χ1v) is 6.90.